The van der Waals surface area contributed by atoms with Crippen LogP contribution in [-0.4, -0.2) is 20.4 Å². The molecule has 2 aromatic heterocycles. The number of aryl methyl sites for hydroxylation is 2. The number of amides is 2. The number of hydrogen-bond donors (Lipinski definition) is 2. The van der Waals surface area contributed by atoms with Gasteiger partial charge < -0.3 is 9.88 Å². The summed E-state index contributed by atoms with van der Waals surface area (Å²) in [6.45, 7) is 1.81. The number of carbonyl (C=O) groups excluding carboxylic acids is 1. The first-order valence-corrected chi connectivity index (χ1v) is 8.91. The zero-order valence-corrected chi connectivity index (χ0v) is 15.8. The molecule has 0 unspecified atom stereocenters. The molecule has 146 valence electrons. The molecule has 0 aliphatic carbocycles. The third-order valence-electron chi connectivity index (χ3n) is 4.57. The number of halogens is 1. The molecule has 7 nitrogen and oxygen atoms in total. The molecule has 0 aliphatic heterocycles. The number of hydrogen-bond acceptors (Lipinski definition) is 3. The summed E-state index contributed by atoms with van der Waals surface area (Å²) in [6.07, 6.45) is 0. The Hall–Kier alpha value is -3.94. The average Bonchev–Trinajstić information content (AvgIpc) is 3.05. The van der Waals surface area contributed by atoms with E-state index in [2.05, 4.69) is 15.7 Å². The lowest BCUT2D eigenvalue weighted by Crippen LogP contribution is -2.20. The number of benzene rings is 2. The summed E-state index contributed by atoms with van der Waals surface area (Å²) in [5.41, 5.74) is 2.43. The van der Waals surface area contributed by atoms with Gasteiger partial charge in [0.2, 0.25) is 0 Å². The molecule has 0 atom stereocenters. The van der Waals surface area contributed by atoms with Crippen LogP contribution in [0.2, 0.25) is 0 Å². The number of aromatic nitrogens is 3. The van der Waals surface area contributed by atoms with Gasteiger partial charge in [0.1, 0.15) is 5.82 Å². The van der Waals surface area contributed by atoms with Gasteiger partial charge in [-0.25, -0.2) is 13.9 Å². The lowest BCUT2D eigenvalue weighted by atomic mass is 10.2. The van der Waals surface area contributed by atoms with Crippen LogP contribution in [0.1, 0.15) is 5.69 Å². The molecule has 2 N–H and O–H groups in total. The Kier molecular flexibility index (Phi) is 4.59. The minimum absolute atomic E-state index is 0.127. The predicted molar refractivity (Wildman–Crippen MR) is 110 cm³/mol. The predicted octanol–water partition coefficient (Wildman–Crippen LogP) is 3.82. The molecule has 2 heterocycles. The number of pyridine rings is 1. The minimum atomic E-state index is -0.478. The van der Waals surface area contributed by atoms with Gasteiger partial charge >= 0.3 is 6.03 Å². The van der Waals surface area contributed by atoms with Crippen molar-refractivity contribution in [3.05, 3.63) is 82.5 Å². The molecule has 2 amide bonds. The molecular weight excluding hydrogens is 373 g/mol. The highest BCUT2D eigenvalue weighted by molar-refractivity contribution is 6.00. The molecule has 0 saturated heterocycles. The number of carbonyl (C=O) groups is 1. The van der Waals surface area contributed by atoms with Crippen molar-refractivity contribution in [2.45, 2.75) is 6.92 Å². The number of urea groups is 1. The third-order valence-corrected chi connectivity index (χ3v) is 4.57. The Morgan fingerprint density at radius 1 is 1.03 bits per heavy atom. The van der Waals surface area contributed by atoms with Crippen molar-refractivity contribution in [1.82, 2.24) is 14.3 Å². The Morgan fingerprint density at radius 3 is 2.62 bits per heavy atom. The third kappa shape index (κ3) is 3.73. The van der Waals surface area contributed by atoms with E-state index in [0.29, 0.717) is 22.7 Å². The van der Waals surface area contributed by atoms with Crippen molar-refractivity contribution in [2.75, 3.05) is 10.6 Å². The maximum atomic E-state index is 13.5. The fraction of sp³-hybridized carbons (Fsp3) is 0.0952. The molecule has 0 bridgehead atoms. The molecule has 2 aromatic carbocycles. The minimum Gasteiger partial charge on any atom is -0.311 e. The number of anilines is 2. The fourth-order valence-electron chi connectivity index (χ4n) is 3.13. The normalized spacial score (nSPS) is 10.9. The van der Waals surface area contributed by atoms with Crippen LogP contribution in [0.25, 0.3) is 16.6 Å². The summed E-state index contributed by atoms with van der Waals surface area (Å²) >= 11 is 0. The molecule has 8 heteroatoms. The van der Waals surface area contributed by atoms with Crippen molar-refractivity contribution < 1.29 is 9.18 Å². The lowest BCUT2D eigenvalue weighted by Gasteiger charge is -2.09. The largest absolute Gasteiger partial charge is 0.324 e. The average molecular weight is 391 g/mol. The van der Waals surface area contributed by atoms with Crippen LogP contribution in [0.3, 0.4) is 0 Å². The highest BCUT2D eigenvalue weighted by Gasteiger charge is 2.11. The van der Waals surface area contributed by atoms with Gasteiger partial charge in [0, 0.05) is 30.6 Å². The van der Waals surface area contributed by atoms with Crippen LogP contribution >= 0.6 is 0 Å². The van der Waals surface area contributed by atoms with Gasteiger partial charge in [0.25, 0.3) is 5.56 Å². The first-order chi connectivity index (χ1) is 13.9. The van der Waals surface area contributed by atoms with E-state index < -0.39 is 6.03 Å². The molecule has 0 spiro atoms. The first kappa shape index (κ1) is 18.4. The smallest absolute Gasteiger partial charge is 0.311 e. The Bertz CT molecular complexity index is 1290. The topological polar surface area (TPSA) is 81.0 Å². The maximum Gasteiger partial charge on any atom is 0.324 e. The highest BCUT2D eigenvalue weighted by Crippen LogP contribution is 2.19. The molecule has 0 radical (unpaired) electrons. The van der Waals surface area contributed by atoms with Gasteiger partial charge in [-0.1, -0.05) is 12.1 Å². The molecule has 29 heavy (non-hydrogen) atoms. The van der Waals surface area contributed by atoms with Gasteiger partial charge in [0.05, 0.1) is 11.2 Å². The molecule has 0 fully saturated rings. The number of nitrogens with one attached hydrogen (secondary N) is 2. The Balaban J connectivity index is 1.53. The first-order valence-electron chi connectivity index (χ1n) is 8.91. The molecule has 0 saturated carbocycles. The van der Waals surface area contributed by atoms with Gasteiger partial charge in [-0.2, -0.15) is 0 Å². The number of rotatable bonds is 3. The number of nitrogens with zero attached hydrogens (tertiary/aromatic N) is 3. The summed E-state index contributed by atoms with van der Waals surface area (Å²) in [5.74, 6) is -0.0344. The summed E-state index contributed by atoms with van der Waals surface area (Å²) in [4.78, 5) is 24.2. The second-order valence-electron chi connectivity index (χ2n) is 6.65. The summed E-state index contributed by atoms with van der Waals surface area (Å²) in [6, 6.07) is 15.8. The molecular formula is C21H18FN5O2. The maximum absolute atomic E-state index is 13.5. The molecule has 4 rings (SSSR count). The summed E-state index contributed by atoms with van der Waals surface area (Å²) in [5, 5.41) is 10.6. The fourth-order valence-corrected chi connectivity index (χ4v) is 3.13. The monoisotopic (exact) mass is 391 g/mol. The van der Waals surface area contributed by atoms with Crippen LogP contribution in [-0.2, 0) is 7.05 Å². The lowest BCUT2D eigenvalue weighted by molar-refractivity contribution is 0.262. The summed E-state index contributed by atoms with van der Waals surface area (Å²) < 4.78 is 16.5. The van der Waals surface area contributed by atoms with E-state index in [9.17, 15) is 14.0 Å². The van der Waals surface area contributed by atoms with Crippen LogP contribution in [0.5, 0.6) is 0 Å². The van der Waals surface area contributed by atoms with Crippen molar-refractivity contribution >= 4 is 28.4 Å². The SMILES string of the molecule is Cc1cc(NC(=O)Nc2ccc3ccc(=O)n(C)c3c2)nn1-c1cccc(F)c1. The second-order valence-corrected chi connectivity index (χ2v) is 6.65. The van der Waals surface area contributed by atoms with Crippen molar-refractivity contribution in [1.29, 1.82) is 0 Å². The van der Waals surface area contributed by atoms with Crippen LogP contribution in [0.15, 0.2) is 65.5 Å². The zero-order valence-electron chi connectivity index (χ0n) is 15.8. The van der Waals surface area contributed by atoms with E-state index in [0.717, 1.165) is 11.1 Å². The molecule has 4 aromatic rings. The van der Waals surface area contributed by atoms with Crippen LogP contribution < -0.4 is 16.2 Å². The van der Waals surface area contributed by atoms with Crippen LogP contribution in [0, 0.1) is 12.7 Å². The van der Waals surface area contributed by atoms with E-state index >= 15 is 0 Å². The van der Waals surface area contributed by atoms with Gasteiger partial charge in [-0.3, -0.25) is 10.1 Å². The Labute approximate surface area is 165 Å². The van der Waals surface area contributed by atoms with E-state index in [1.807, 2.05) is 13.0 Å². The van der Waals surface area contributed by atoms with Gasteiger partial charge in [0.15, 0.2) is 5.82 Å². The molecule has 0 aliphatic rings. The number of fused-ring (bicyclic) bond motifs is 1. The van der Waals surface area contributed by atoms with E-state index in [1.54, 1.807) is 48.1 Å². The quantitative estimate of drug-likeness (QED) is 0.557. The van der Waals surface area contributed by atoms with Crippen LogP contribution in [0.4, 0.5) is 20.7 Å². The van der Waals surface area contributed by atoms with Crippen molar-refractivity contribution in [3.63, 3.8) is 0 Å². The standard InChI is InChI=1S/C21H18FN5O2/c1-13-10-19(25-27(13)17-5-3-4-15(22)11-17)24-21(29)23-16-8-6-14-7-9-20(28)26(2)18(14)12-16/h3-12H,1-2H3,(H2,23,24,25,29). The van der Waals surface area contributed by atoms with E-state index in [4.69, 9.17) is 0 Å². The van der Waals surface area contributed by atoms with Crippen molar-refractivity contribution in [3.8, 4) is 5.69 Å². The van der Waals surface area contributed by atoms with E-state index in [-0.39, 0.29) is 11.4 Å². The van der Waals surface area contributed by atoms with E-state index in [1.165, 1.54) is 22.8 Å². The van der Waals surface area contributed by atoms with Crippen molar-refractivity contribution in [2.24, 2.45) is 7.05 Å². The highest BCUT2D eigenvalue weighted by atomic mass is 19.1. The van der Waals surface area contributed by atoms with Gasteiger partial charge in [-0.15, -0.1) is 5.10 Å². The summed E-state index contributed by atoms with van der Waals surface area (Å²) in [7, 11) is 1.68. The van der Waals surface area contributed by atoms with Gasteiger partial charge in [-0.05, 0) is 48.7 Å². The zero-order chi connectivity index (χ0) is 20.5. The second kappa shape index (κ2) is 7.23. The Morgan fingerprint density at radius 2 is 1.83 bits per heavy atom.